The van der Waals surface area contributed by atoms with Gasteiger partial charge in [-0.1, -0.05) is 12.1 Å². The molecule has 3 heterocycles. The summed E-state index contributed by atoms with van der Waals surface area (Å²) in [6.07, 6.45) is 1.92. The first kappa shape index (κ1) is 14.4. The topological polar surface area (TPSA) is 47.5 Å². The van der Waals surface area contributed by atoms with Crippen molar-refractivity contribution >= 4 is 27.6 Å². The molecule has 0 N–H and O–H groups in total. The van der Waals surface area contributed by atoms with E-state index in [-0.39, 0.29) is 0 Å². The lowest BCUT2D eigenvalue weighted by molar-refractivity contribution is 0.123. The average Bonchev–Trinajstić information content (AvgIpc) is 3.06. The van der Waals surface area contributed by atoms with E-state index < -0.39 is 0 Å². The Morgan fingerprint density at radius 1 is 1.13 bits per heavy atom. The molecular weight excluding hydrogens is 310 g/mol. The molecule has 1 saturated heterocycles. The molecule has 4 rings (SSSR count). The van der Waals surface area contributed by atoms with E-state index in [0.717, 1.165) is 59.2 Å². The molecule has 0 radical (unpaired) electrons. The highest BCUT2D eigenvalue weighted by molar-refractivity contribution is 7.11. The number of fused-ring (bicyclic) bond motifs is 1. The zero-order chi connectivity index (χ0) is 15.6. The smallest absolute Gasteiger partial charge is 0.138 e. The highest BCUT2D eigenvalue weighted by Crippen LogP contribution is 2.32. The first-order valence-electron chi connectivity index (χ1n) is 7.58. The van der Waals surface area contributed by atoms with Gasteiger partial charge < -0.3 is 14.4 Å². The van der Waals surface area contributed by atoms with Crippen molar-refractivity contribution in [3.05, 3.63) is 36.5 Å². The van der Waals surface area contributed by atoms with Crippen molar-refractivity contribution in [3.63, 3.8) is 0 Å². The molecule has 0 aliphatic carbocycles. The molecule has 1 aliphatic rings. The second-order valence-electron chi connectivity index (χ2n) is 5.41. The van der Waals surface area contributed by atoms with Crippen molar-refractivity contribution in [3.8, 4) is 16.9 Å². The molecule has 0 atom stereocenters. The third-order valence-electron chi connectivity index (χ3n) is 4.02. The van der Waals surface area contributed by atoms with E-state index in [9.17, 15) is 0 Å². The largest absolute Gasteiger partial charge is 0.497 e. The molecule has 3 aromatic rings. The van der Waals surface area contributed by atoms with Crippen LogP contribution in [-0.2, 0) is 4.74 Å². The molecule has 0 amide bonds. The zero-order valence-electron chi connectivity index (χ0n) is 12.9. The summed E-state index contributed by atoms with van der Waals surface area (Å²) >= 11 is 1.52. The fraction of sp³-hybridized carbons (Fsp3) is 0.294. The maximum Gasteiger partial charge on any atom is 0.138 e. The van der Waals surface area contributed by atoms with Gasteiger partial charge in [-0.15, -0.1) is 0 Å². The third-order valence-corrected chi connectivity index (χ3v) is 4.93. The summed E-state index contributed by atoms with van der Waals surface area (Å²) in [5, 5.41) is 1.14. The Hall–Kier alpha value is -2.18. The number of benzene rings is 1. The highest BCUT2D eigenvalue weighted by atomic mass is 32.1. The molecule has 6 heteroatoms. The molecule has 2 aromatic heterocycles. The van der Waals surface area contributed by atoms with Crippen molar-refractivity contribution < 1.29 is 9.47 Å². The van der Waals surface area contributed by atoms with E-state index in [1.165, 1.54) is 11.5 Å². The minimum Gasteiger partial charge on any atom is -0.497 e. The van der Waals surface area contributed by atoms with E-state index in [1.807, 2.05) is 30.5 Å². The molecule has 1 aromatic carbocycles. The van der Waals surface area contributed by atoms with Crippen LogP contribution in [0.3, 0.4) is 0 Å². The molecule has 1 fully saturated rings. The minimum absolute atomic E-state index is 0.767. The second-order valence-corrected chi connectivity index (χ2v) is 6.16. The molecule has 1 aliphatic heterocycles. The normalized spacial score (nSPS) is 15.1. The van der Waals surface area contributed by atoms with Crippen molar-refractivity contribution in [2.45, 2.75) is 0 Å². The van der Waals surface area contributed by atoms with E-state index in [2.05, 4.69) is 20.3 Å². The van der Waals surface area contributed by atoms with E-state index in [0.29, 0.717) is 0 Å². The summed E-state index contributed by atoms with van der Waals surface area (Å²) in [7, 11) is 1.67. The molecule has 118 valence electrons. The number of hydrogen-bond acceptors (Lipinski definition) is 6. The molecule has 0 unspecified atom stereocenters. The Kier molecular flexibility index (Phi) is 3.85. The van der Waals surface area contributed by atoms with Gasteiger partial charge in [0.15, 0.2) is 0 Å². The predicted molar refractivity (Wildman–Crippen MR) is 92.4 cm³/mol. The number of morpholine rings is 1. The van der Waals surface area contributed by atoms with Gasteiger partial charge in [0.1, 0.15) is 21.8 Å². The Morgan fingerprint density at radius 3 is 2.65 bits per heavy atom. The van der Waals surface area contributed by atoms with Gasteiger partial charge in [-0.3, -0.25) is 4.98 Å². The summed E-state index contributed by atoms with van der Waals surface area (Å²) < 4.78 is 15.2. The first-order valence-corrected chi connectivity index (χ1v) is 8.35. The summed E-state index contributed by atoms with van der Waals surface area (Å²) in [6, 6.07) is 10.1. The number of methoxy groups -OCH3 is 1. The quantitative estimate of drug-likeness (QED) is 0.739. The Bertz CT molecular complexity index is 810. The minimum atomic E-state index is 0.767. The SMILES string of the molecule is COc1ccc(-c2cnc3c(N4CCOCC4)snc3c2)cc1. The molecular formula is C17H17N3O2S. The summed E-state index contributed by atoms with van der Waals surface area (Å²) in [5.74, 6) is 0.853. The number of hydrogen-bond donors (Lipinski definition) is 0. The van der Waals surface area contributed by atoms with Crippen LogP contribution in [-0.4, -0.2) is 42.8 Å². The number of nitrogens with zero attached hydrogens (tertiary/aromatic N) is 3. The molecule has 0 bridgehead atoms. The number of pyridine rings is 1. The number of aromatic nitrogens is 2. The van der Waals surface area contributed by atoms with Gasteiger partial charge in [0.2, 0.25) is 0 Å². The van der Waals surface area contributed by atoms with Crippen LogP contribution in [0.4, 0.5) is 5.00 Å². The lowest BCUT2D eigenvalue weighted by Gasteiger charge is -2.26. The second kappa shape index (κ2) is 6.14. The van der Waals surface area contributed by atoms with Crippen LogP contribution in [0, 0.1) is 0 Å². The van der Waals surface area contributed by atoms with Crippen LogP contribution < -0.4 is 9.64 Å². The van der Waals surface area contributed by atoms with Crippen LogP contribution >= 0.6 is 11.5 Å². The maximum absolute atomic E-state index is 5.42. The van der Waals surface area contributed by atoms with Gasteiger partial charge >= 0.3 is 0 Å². The predicted octanol–water partition coefficient (Wildman–Crippen LogP) is 3.20. The fourth-order valence-corrected chi connectivity index (χ4v) is 3.60. The number of ether oxygens (including phenoxy) is 2. The molecule has 23 heavy (non-hydrogen) atoms. The number of anilines is 1. The standard InChI is InChI=1S/C17H17N3O2S/c1-21-14-4-2-12(3-5-14)13-10-15-16(18-11-13)17(23-19-15)20-6-8-22-9-7-20/h2-5,10-11H,6-9H2,1H3. The van der Waals surface area contributed by atoms with Crippen molar-refractivity contribution in [1.82, 2.24) is 9.36 Å². The van der Waals surface area contributed by atoms with Crippen molar-refractivity contribution in [2.24, 2.45) is 0 Å². The third kappa shape index (κ3) is 2.75. The number of rotatable bonds is 3. The lowest BCUT2D eigenvalue weighted by atomic mass is 10.1. The Labute approximate surface area is 138 Å². The van der Waals surface area contributed by atoms with E-state index in [4.69, 9.17) is 9.47 Å². The van der Waals surface area contributed by atoms with E-state index in [1.54, 1.807) is 7.11 Å². The van der Waals surface area contributed by atoms with Gasteiger partial charge in [0, 0.05) is 24.8 Å². The first-order chi connectivity index (χ1) is 11.3. The monoisotopic (exact) mass is 327 g/mol. The van der Waals surface area contributed by atoms with Gasteiger partial charge in [0.25, 0.3) is 0 Å². The van der Waals surface area contributed by atoms with Gasteiger partial charge in [-0.05, 0) is 35.3 Å². The van der Waals surface area contributed by atoms with E-state index >= 15 is 0 Å². The van der Waals surface area contributed by atoms with Crippen molar-refractivity contribution in [2.75, 3.05) is 38.3 Å². The van der Waals surface area contributed by atoms with Crippen LogP contribution in [0.25, 0.3) is 22.2 Å². The zero-order valence-corrected chi connectivity index (χ0v) is 13.7. The van der Waals surface area contributed by atoms with Crippen LogP contribution in [0.15, 0.2) is 36.5 Å². The summed E-state index contributed by atoms with van der Waals surface area (Å²) in [4.78, 5) is 6.98. The Balaban J connectivity index is 1.68. The average molecular weight is 327 g/mol. The fourth-order valence-electron chi connectivity index (χ4n) is 2.74. The summed E-state index contributed by atoms with van der Waals surface area (Å²) in [6.45, 7) is 3.34. The summed E-state index contributed by atoms with van der Waals surface area (Å²) in [5.41, 5.74) is 4.11. The van der Waals surface area contributed by atoms with Crippen LogP contribution in [0.1, 0.15) is 0 Å². The van der Waals surface area contributed by atoms with Crippen molar-refractivity contribution in [1.29, 1.82) is 0 Å². The molecule has 0 saturated carbocycles. The van der Waals surface area contributed by atoms with Gasteiger partial charge in [0.05, 0.1) is 20.3 Å². The molecule has 5 nitrogen and oxygen atoms in total. The maximum atomic E-state index is 5.42. The molecule has 0 spiro atoms. The van der Waals surface area contributed by atoms with Crippen LogP contribution in [0.2, 0.25) is 0 Å². The Morgan fingerprint density at radius 2 is 1.91 bits per heavy atom. The lowest BCUT2D eigenvalue weighted by Crippen LogP contribution is -2.35. The van der Waals surface area contributed by atoms with Crippen LogP contribution in [0.5, 0.6) is 5.75 Å². The van der Waals surface area contributed by atoms with Gasteiger partial charge in [-0.2, -0.15) is 4.37 Å². The van der Waals surface area contributed by atoms with Gasteiger partial charge in [-0.25, -0.2) is 0 Å². The highest BCUT2D eigenvalue weighted by Gasteiger charge is 2.18.